The number of carbonyl (C=O) groups is 1. The van der Waals surface area contributed by atoms with Crippen molar-refractivity contribution in [3.8, 4) is 5.88 Å². The first-order chi connectivity index (χ1) is 8.67. The van der Waals surface area contributed by atoms with Crippen molar-refractivity contribution in [3.63, 3.8) is 0 Å². The number of carbonyl (C=O) groups excluding carboxylic acids is 1. The normalized spacial score (nSPS) is 10.9. The van der Waals surface area contributed by atoms with Crippen molar-refractivity contribution < 1.29 is 9.53 Å². The van der Waals surface area contributed by atoms with Crippen LogP contribution in [0.15, 0.2) is 12.3 Å². The molecule has 98 valence electrons. The number of rotatable bonds is 6. The molecule has 0 unspecified atom stereocenters. The Balaban J connectivity index is 3.40. The Hall–Kier alpha value is -2.24. The highest BCUT2D eigenvalue weighted by atomic mass is 16.5. The van der Waals surface area contributed by atoms with E-state index in [1.165, 1.54) is 13.3 Å². The second-order valence-corrected chi connectivity index (χ2v) is 3.57. The van der Waals surface area contributed by atoms with E-state index < -0.39 is 0 Å². The molecule has 0 aliphatic heterocycles. The van der Waals surface area contributed by atoms with Gasteiger partial charge in [-0.15, -0.1) is 0 Å². The Morgan fingerprint density at radius 2 is 2.33 bits per heavy atom. The fraction of sp³-hybridized carbons (Fsp3) is 0.333. The SMILES string of the molecule is CCN/C(=C\N)c1c(NC=O)cc(C)nc1OC. The molecule has 0 spiro atoms. The minimum atomic E-state index is 0.414. The average Bonchev–Trinajstić information content (AvgIpc) is 2.36. The molecule has 0 saturated carbocycles. The van der Waals surface area contributed by atoms with Gasteiger partial charge in [0.1, 0.15) is 0 Å². The molecular weight excluding hydrogens is 232 g/mol. The van der Waals surface area contributed by atoms with Gasteiger partial charge in [-0.2, -0.15) is 0 Å². The number of aromatic nitrogens is 1. The molecule has 1 aromatic heterocycles. The van der Waals surface area contributed by atoms with Crippen LogP contribution in [0.1, 0.15) is 18.2 Å². The number of anilines is 1. The maximum Gasteiger partial charge on any atom is 0.225 e. The van der Waals surface area contributed by atoms with Crippen LogP contribution < -0.4 is 21.1 Å². The molecule has 6 heteroatoms. The zero-order chi connectivity index (χ0) is 13.5. The number of hydrogen-bond acceptors (Lipinski definition) is 5. The summed E-state index contributed by atoms with van der Waals surface area (Å²) >= 11 is 0. The van der Waals surface area contributed by atoms with Gasteiger partial charge in [-0.3, -0.25) is 4.79 Å². The standard InChI is InChI=1S/C12H18N4O2/c1-4-14-10(6-13)11-9(15-7-17)5-8(2)16-12(11)18-3/h5-7,14H,4,13H2,1-3H3,(H,15,16,17)/b10-6-. The van der Waals surface area contributed by atoms with Gasteiger partial charge in [0.2, 0.25) is 12.3 Å². The van der Waals surface area contributed by atoms with Crippen molar-refractivity contribution in [1.82, 2.24) is 10.3 Å². The third-order valence-electron chi connectivity index (χ3n) is 2.33. The van der Waals surface area contributed by atoms with Crippen LogP contribution in [0.3, 0.4) is 0 Å². The van der Waals surface area contributed by atoms with Gasteiger partial charge in [-0.1, -0.05) is 0 Å². The summed E-state index contributed by atoms with van der Waals surface area (Å²) in [5.74, 6) is 0.414. The molecule has 1 heterocycles. The van der Waals surface area contributed by atoms with Crippen molar-refractivity contribution in [3.05, 3.63) is 23.5 Å². The number of nitrogens with zero attached hydrogens (tertiary/aromatic N) is 1. The maximum absolute atomic E-state index is 10.7. The van der Waals surface area contributed by atoms with Gasteiger partial charge in [0.25, 0.3) is 0 Å². The van der Waals surface area contributed by atoms with Crippen molar-refractivity contribution >= 4 is 17.8 Å². The second kappa shape index (κ2) is 6.48. The van der Waals surface area contributed by atoms with E-state index in [-0.39, 0.29) is 0 Å². The molecule has 0 saturated heterocycles. The van der Waals surface area contributed by atoms with Crippen LogP contribution in [0.4, 0.5) is 5.69 Å². The molecule has 1 rings (SSSR count). The van der Waals surface area contributed by atoms with Crippen LogP contribution >= 0.6 is 0 Å². The Morgan fingerprint density at radius 1 is 1.61 bits per heavy atom. The van der Waals surface area contributed by atoms with Gasteiger partial charge < -0.3 is 21.1 Å². The summed E-state index contributed by atoms with van der Waals surface area (Å²) in [5.41, 5.74) is 8.24. The number of nitrogens with two attached hydrogens (primary N) is 1. The second-order valence-electron chi connectivity index (χ2n) is 3.57. The van der Waals surface area contributed by atoms with Gasteiger partial charge in [0.05, 0.1) is 24.1 Å². The third-order valence-corrected chi connectivity index (χ3v) is 2.33. The monoisotopic (exact) mass is 250 g/mol. The highest BCUT2D eigenvalue weighted by Crippen LogP contribution is 2.30. The third kappa shape index (κ3) is 2.91. The van der Waals surface area contributed by atoms with E-state index in [4.69, 9.17) is 10.5 Å². The largest absolute Gasteiger partial charge is 0.480 e. The fourth-order valence-electron chi connectivity index (χ4n) is 1.65. The van der Waals surface area contributed by atoms with Crippen molar-refractivity contribution in [2.24, 2.45) is 5.73 Å². The lowest BCUT2D eigenvalue weighted by Crippen LogP contribution is -2.16. The maximum atomic E-state index is 10.7. The van der Waals surface area contributed by atoms with Gasteiger partial charge in [0.15, 0.2) is 0 Å². The Morgan fingerprint density at radius 3 is 2.83 bits per heavy atom. The predicted octanol–water partition coefficient (Wildman–Crippen LogP) is 0.834. The molecule has 6 nitrogen and oxygen atoms in total. The summed E-state index contributed by atoms with van der Waals surface area (Å²) in [6, 6.07) is 1.76. The van der Waals surface area contributed by atoms with E-state index in [0.717, 1.165) is 5.69 Å². The molecule has 0 radical (unpaired) electrons. The minimum Gasteiger partial charge on any atom is -0.480 e. The van der Waals surface area contributed by atoms with E-state index in [9.17, 15) is 4.79 Å². The summed E-state index contributed by atoms with van der Waals surface area (Å²) < 4.78 is 5.24. The number of nitrogens with one attached hydrogen (secondary N) is 2. The predicted molar refractivity (Wildman–Crippen MR) is 71.1 cm³/mol. The number of hydrogen-bond donors (Lipinski definition) is 3. The topological polar surface area (TPSA) is 89.3 Å². The summed E-state index contributed by atoms with van der Waals surface area (Å²) in [6.45, 7) is 4.46. The number of amides is 1. The van der Waals surface area contributed by atoms with Crippen LogP contribution in [0.2, 0.25) is 0 Å². The van der Waals surface area contributed by atoms with Crippen LogP contribution in [-0.4, -0.2) is 25.0 Å². The van der Waals surface area contributed by atoms with Gasteiger partial charge >= 0.3 is 0 Å². The van der Waals surface area contributed by atoms with E-state index in [1.807, 2.05) is 13.8 Å². The van der Waals surface area contributed by atoms with E-state index >= 15 is 0 Å². The lowest BCUT2D eigenvalue weighted by molar-refractivity contribution is -0.105. The van der Waals surface area contributed by atoms with Crippen LogP contribution in [-0.2, 0) is 4.79 Å². The summed E-state index contributed by atoms with van der Waals surface area (Å²) in [6.07, 6.45) is 2.03. The molecule has 18 heavy (non-hydrogen) atoms. The molecule has 1 aromatic rings. The first-order valence-corrected chi connectivity index (χ1v) is 5.59. The Bertz CT molecular complexity index is 458. The summed E-state index contributed by atoms with van der Waals surface area (Å²) in [4.78, 5) is 14.9. The first-order valence-electron chi connectivity index (χ1n) is 5.59. The molecule has 1 amide bonds. The molecule has 0 aromatic carbocycles. The van der Waals surface area contributed by atoms with Gasteiger partial charge in [-0.25, -0.2) is 4.98 Å². The molecule has 0 bridgehead atoms. The average molecular weight is 250 g/mol. The van der Waals surface area contributed by atoms with E-state index in [1.54, 1.807) is 6.07 Å². The zero-order valence-corrected chi connectivity index (χ0v) is 10.8. The minimum absolute atomic E-state index is 0.414. The lowest BCUT2D eigenvalue weighted by Gasteiger charge is -2.16. The molecule has 0 aliphatic carbocycles. The van der Waals surface area contributed by atoms with Gasteiger partial charge in [-0.05, 0) is 19.9 Å². The Kier molecular flexibility index (Phi) is 4.98. The zero-order valence-electron chi connectivity index (χ0n) is 10.8. The van der Waals surface area contributed by atoms with E-state index in [2.05, 4.69) is 15.6 Å². The Labute approximate surface area is 106 Å². The molecule has 4 N–H and O–H groups in total. The van der Waals surface area contributed by atoms with Crippen LogP contribution in [0.25, 0.3) is 5.70 Å². The highest BCUT2D eigenvalue weighted by Gasteiger charge is 2.15. The van der Waals surface area contributed by atoms with Crippen molar-refractivity contribution in [2.75, 3.05) is 19.0 Å². The molecule has 0 atom stereocenters. The molecular formula is C12H18N4O2. The summed E-state index contributed by atoms with van der Waals surface area (Å²) in [5, 5.41) is 5.73. The number of methoxy groups -OCH3 is 1. The number of pyridine rings is 1. The van der Waals surface area contributed by atoms with Crippen LogP contribution in [0.5, 0.6) is 5.88 Å². The highest BCUT2D eigenvalue weighted by molar-refractivity contribution is 5.84. The quantitative estimate of drug-likeness (QED) is 0.651. The van der Waals surface area contributed by atoms with E-state index in [0.29, 0.717) is 35.8 Å². The first kappa shape index (κ1) is 13.8. The van der Waals surface area contributed by atoms with Crippen molar-refractivity contribution in [1.29, 1.82) is 0 Å². The fourth-order valence-corrected chi connectivity index (χ4v) is 1.65. The van der Waals surface area contributed by atoms with Gasteiger partial charge in [0, 0.05) is 18.4 Å². The molecule has 0 fully saturated rings. The summed E-state index contributed by atoms with van der Waals surface area (Å²) in [7, 11) is 1.52. The van der Waals surface area contributed by atoms with Crippen molar-refractivity contribution in [2.45, 2.75) is 13.8 Å². The lowest BCUT2D eigenvalue weighted by atomic mass is 10.1. The molecule has 0 aliphatic rings. The number of ether oxygens (including phenoxy) is 1. The van der Waals surface area contributed by atoms with Crippen LogP contribution in [0, 0.1) is 6.92 Å². The number of aryl methyl sites for hydroxylation is 1. The smallest absolute Gasteiger partial charge is 0.225 e.